The van der Waals surface area contributed by atoms with E-state index in [4.69, 9.17) is 9.26 Å². The van der Waals surface area contributed by atoms with E-state index in [1.165, 1.54) is 0 Å². The third-order valence-electron chi connectivity index (χ3n) is 5.29. The topological polar surface area (TPSA) is 93.5 Å². The summed E-state index contributed by atoms with van der Waals surface area (Å²) in [6.07, 6.45) is 1.02. The van der Waals surface area contributed by atoms with Crippen molar-refractivity contribution in [1.29, 1.82) is 0 Å². The van der Waals surface area contributed by atoms with Crippen molar-refractivity contribution < 1.29 is 18.8 Å². The molecule has 0 spiro atoms. The molecule has 3 rings (SSSR count). The molecule has 3 aromatic rings. The molecule has 32 heavy (non-hydrogen) atoms. The zero-order valence-electron chi connectivity index (χ0n) is 18.9. The predicted molar refractivity (Wildman–Crippen MR) is 123 cm³/mol. The van der Waals surface area contributed by atoms with Gasteiger partial charge >= 0.3 is 0 Å². The molecular formula is C25H29N3O4. The first-order valence-electron chi connectivity index (χ1n) is 10.7. The summed E-state index contributed by atoms with van der Waals surface area (Å²) in [6, 6.07) is 14.4. The summed E-state index contributed by atoms with van der Waals surface area (Å²) >= 11 is 0. The van der Waals surface area contributed by atoms with Crippen LogP contribution in [0.3, 0.4) is 0 Å². The van der Waals surface area contributed by atoms with Gasteiger partial charge in [0.1, 0.15) is 18.1 Å². The zero-order chi connectivity index (χ0) is 23.1. The van der Waals surface area contributed by atoms with Crippen molar-refractivity contribution in [1.82, 2.24) is 10.5 Å². The Balaban J connectivity index is 1.58. The molecule has 1 aromatic heterocycles. The second-order valence-corrected chi connectivity index (χ2v) is 7.79. The maximum Gasteiger partial charge on any atom is 0.253 e. The largest absolute Gasteiger partial charge is 0.489 e. The van der Waals surface area contributed by atoms with Crippen LogP contribution in [-0.4, -0.2) is 23.0 Å². The third-order valence-corrected chi connectivity index (χ3v) is 5.29. The number of anilines is 1. The monoisotopic (exact) mass is 435 g/mol. The van der Waals surface area contributed by atoms with Crippen LogP contribution in [0.4, 0.5) is 5.69 Å². The average molecular weight is 436 g/mol. The van der Waals surface area contributed by atoms with E-state index in [1.54, 1.807) is 24.3 Å². The van der Waals surface area contributed by atoms with Crippen LogP contribution in [0.15, 0.2) is 53.1 Å². The van der Waals surface area contributed by atoms with E-state index >= 15 is 0 Å². The molecule has 168 valence electrons. The number of nitrogens with one attached hydrogen (secondary N) is 2. The van der Waals surface area contributed by atoms with E-state index in [2.05, 4.69) is 15.8 Å². The predicted octanol–water partition coefficient (Wildman–Crippen LogP) is 4.58. The van der Waals surface area contributed by atoms with Gasteiger partial charge in [-0.3, -0.25) is 9.59 Å². The number of benzene rings is 2. The number of carbonyl (C=O) groups is 2. The number of nitrogens with zero attached hydrogens (tertiary/aromatic N) is 1. The van der Waals surface area contributed by atoms with Gasteiger partial charge in [0.05, 0.1) is 28.9 Å². The normalized spacial score (nSPS) is 11.6. The quantitative estimate of drug-likeness (QED) is 0.513. The van der Waals surface area contributed by atoms with Crippen LogP contribution in [0, 0.1) is 13.8 Å². The molecular weight excluding hydrogens is 406 g/mol. The number of ether oxygens (including phenoxy) is 1. The Morgan fingerprint density at radius 3 is 2.47 bits per heavy atom. The highest BCUT2D eigenvalue weighted by molar-refractivity contribution is 6.04. The number of amides is 2. The first-order valence-corrected chi connectivity index (χ1v) is 10.7. The van der Waals surface area contributed by atoms with Gasteiger partial charge in [0.2, 0.25) is 5.91 Å². The highest BCUT2D eigenvalue weighted by Gasteiger charge is 2.15. The van der Waals surface area contributed by atoms with Gasteiger partial charge < -0.3 is 19.9 Å². The Morgan fingerprint density at radius 2 is 1.81 bits per heavy atom. The van der Waals surface area contributed by atoms with Gasteiger partial charge in [-0.15, -0.1) is 0 Å². The van der Waals surface area contributed by atoms with Crippen molar-refractivity contribution in [2.45, 2.75) is 53.2 Å². The summed E-state index contributed by atoms with van der Waals surface area (Å²) in [5.41, 5.74) is 3.54. The first-order chi connectivity index (χ1) is 15.4. The van der Waals surface area contributed by atoms with E-state index in [1.807, 2.05) is 52.0 Å². The van der Waals surface area contributed by atoms with Gasteiger partial charge in [0.15, 0.2) is 0 Å². The lowest BCUT2D eigenvalue weighted by Gasteiger charge is -2.14. The van der Waals surface area contributed by atoms with Gasteiger partial charge in [0, 0.05) is 6.04 Å². The molecule has 7 nitrogen and oxygen atoms in total. The molecule has 0 fully saturated rings. The number of hydrogen-bond donors (Lipinski definition) is 2. The van der Waals surface area contributed by atoms with Crippen molar-refractivity contribution >= 4 is 17.5 Å². The van der Waals surface area contributed by atoms with Crippen molar-refractivity contribution in [2.24, 2.45) is 0 Å². The Hall–Kier alpha value is -3.61. The maximum atomic E-state index is 12.6. The van der Waals surface area contributed by atoms with Gasteiger partial charge in [-0.25, -0.2) is 0 Å². The molecule has 0 bridgehead atoms. The summed E-state index contributed by atoms with van der Waals surface area (Å²) < 4.78 is 10.9. The molecule has 1 atom stereocenters. The van der Waals surface area contributed by atoms with Crippen LogP contribution in [0.1, 0.15) is 53.2 Å². The summed E-state index contributed by atoms with van der Waals surface area (Å²) in [5, 5.41) is 9.70. The number of rotatable bonds is 9. The minimum Gasteiger partial charge on any atom is -0.489 e. The molecule has 0 aliphatic rings. The Labute approximate surface area is 188 Å². The number of para-hydroxylation sites is 1. The molecule has 0 aliphatic heterocycles. The molecule has 2 aromatic carbocycles. The lowest BCUT2D eigenvalue weighted by Crippen LogP contribution is -2.32. The average Bonchev–Trinajstić information content (AvgIpc) is 3.10. The first kappa shape index (κ1) is 23.1. The fraction of sp³-hybridized carbons (Fsp3) is 0.320. The maximum absolute atomic E-state index is 12.6. The smallest absolute Gasteiger partial charge is 0.253 e. The fourth-order valence-corrected chi connectivity index (χ4v) is 3.14. The summed E-state index contributed by atoms with van der Waals surface area (Å²) in [4.78, 5) is 25.1. The molecule has 0 aliphatic carbocycles. The lowest BCUT2D eigenvalue weighted by molar-refractivity contribution is -0.115. The molecule has 7 heteroatoms. The molecule has 2 N–H and O–H groups in total. The standard InChI is InChI=1S/C25H29N3O4/c1-5-16(2)26-25(30)21-8-6-7-9-23(21)27-24(29)14-19-10-12-20(13-11-19)31-15-22-17(3)28-32-18(22)4/h6-13,16H,5,14-15H2,1-4H3,(H,26,30)(H,27,29). The van der Waals surface area contributed by atoms with Gasteiger partial charge in [0.25, 0.3) is 5.91 Å². The van der Waals surface area contributed by atoms with Crippen molar-refractivity contribution in [2.75, 3.05) is 5.32 Å². The molecule has 2 amide bonds. The minimum atomic E-state index is -0.199. The van der Waals surface area contributed by atoms with Crippen molar-refractivity contribution in [3.8, 4) is 5.75 Å². The summed E-state index contributed by atoms with van der Waals surface area (Å²) in [5.74, 6) is 1.04. The second-order valence-electron chi connectivity index (χ2n) is 7.79. The number of carbonyl (C=O) groups excluding carboxylic acids is 2. The minimum absolute atomic E-state index is 0.0598. The summed E-state index contributed by atoms with van der Waals surface area (Å²) in [6.45, 7) is 8.05. The van der Waals surface area contributed by atoms with Crippen LogP contribution in [0.25, 0.3) is 0 Å². The number of aromatic nitrogens is 1. The molecule has 0 saturated heterocycles. The Kier molecular flexibility index (Phi) is 7.65. The van der Waals surface area contributed by atoms with Crippen LogP contribution in [-0.2, 0) is 17.8 Å². The van der Waals surface area contributed by atoms with Crippen LogP contribution in [0.5, 0.6) is 5.75 Å². The van der Waals surface area contributed by atoms with E-state index in [-0.39, 0.29) is 24.3 Å². The molecule has 0 saturated carbocycles. The van der Waals surface area contributed by atoms with Crippen LogP contribution < -0.4 is 15.4 Å². The highest BCUT2D eigenvalue weighted by atomic mass is 16.5. The van der Waals surface area contributed by atoms with Crippen molar-refractivity contribution in [3.05, 3.63) is 76.7 Å². The van der Waals surface area contributed by atoms with Gasteiger partial charge in [-0.05, 0) is 57.0 Å². The van der Waals surface area contributed by atoms with Crippen LogP contribution >= 0.6 is 0 Å². The van der Waals surface area contributed by atoms with Gasteiger partial charge in [-0.2, -0.15) is 0 Å². The second kappa shape index (κ2) is 10.6. The van der Waals surface area contributed by atoms with E-state index in [0.29, 0.717) is 23.6 Å². The van der Waals surface area contributed by atoms with Crippen LogP contribution in [0.2, 0.25) is 0 Å². The van der Waals surface area contributed by atoms with E-state index < -0.39 is 0 Å². The number of hydrogen-bond acceptors (Lipinski definition) is 5. The van der Waals surface area contributed by atoms with Crippen molar-refractivity contribution in [3.63, 3.8) is 0 Å². The Bertz CT molecular complexity index is 1050. The van der Waals surface area contributed by atoms with E-state index in [9.17, 15) is 9.59 Å². The zero-order valence-corrected chi connectivity index (χ0v) is 18.9. The lowest BCUT2D eigenvalue weighted by atomic mass is 10.1. The SMILES string of the molecule is CCC(C)NC(=O)c1ccccc1NC(=O)Cc1ccc(OCc2c(C)noc2C)cc1. The fourth-order valence-electron chi connectivity index (χ4n) is 3.14. The van der Waals surface area contributed by atoms with Gasteiger partial charge in [-0.1, -0.05) is 36.3 Å². The highest BCUT2D eigenvalue weighted by Crippen LogP contribution is 2.19. The molecule has 1 heterocycles. The molecule has 0 radical (unpaired) electrons. The van der Waals surface area contributed by atoms with E-state index in [0.717, 1.165) is 29.0 Å². The number of aryl methyl sites for hydroxylation is 2. The molecule has 1 unspecified atom stereocenters. The Morgan fingerprint density at radius 1 is 1.09 bits per heavy atom. The summed E-state index contributed by atoms with van der Waals surface area (Å²) in [7, 11) is 0. The third kappa shape index (κ3) is 5.97.